The van der Waals surface area contributed by atoms with Crippen LogP contribution in [-0.4, -0.2) is 41.7 Å². The van der Waals surface area contributed by atoms with Gasteiger partial charge in [0.2, 0.25) is 0 Å². The lowest BCUT2D eigenvalue weighted by molar-refractivity contribution is -0.0392. The fourth-order valence-electron chi connectivity index (χ4n) is 3.55. The van der Waals surface area contributed by atoms with Gasteiger partial charge in [-0.1, -0.05) is 22.9 Å². The molecule has 1 aliphatic rings. The lowest BCUT2D eigenvalue weighted by Crippen LogP contribution is -2.34. The number of aromatic nitrogens is 6. The molecule has 11 heteroatoms. The highest BCUT2D eigenvalue weighted by Crippen LogP contribution is 2.24. The zero-order chi connectivity index (χ0) is 19.4. The van der Waals surface area contributed by atoms with Crippen molar-refractivity contribution < 1.29 is 4.74 Å². The Morgan fingerprint density at radius 3 is 2.79 bits per heavy atom. The third-order valence-corrected chi connectivity index (χ3v) is 6.06. The minimum absolute atomic E-state index is 0.321. The molecule has 28 heavy (non-hydrogen) atoms. The van der Waals surface area contributed by atoms with Crippen molar-refractivity contribution in [3.8, 4) is 0 Å². The molecule has 5 heterocycles. The van der Waals surface area contributed by atoms with Gasteiger partial charge in [-0.3, -0.25) is 18.7 Å². The molecule has 4 aromatic heterocycles. The van der Waals surface area contributed by atoms with Gasteiger partial charge in [0, 0.05) is 37.8 Å². The summed E-state index contributed by atoms with van der Waals surface area (Å²) in [5.41, 5.74) is 0.802. The van der Waals surface area contributed by atoms with E-state index in [0.717, 1.165) is 10.7 Å². The van der Waals surface area contributed by atoms with Gasteiger partial charge in [-0.25, -0.2) is 14.8 Å². The molecule has 0 unspecified atom stereocenters. The Hall–Kier alpha value is -2.43. The zero-order valence-corrected chi connectivity index (χ0v) is 16.6. The third-order valence-electron chi connectivity index (χ3n) is 4.95. The molecule has 0 saturated carbocycles. The van der Waals surface area contributed by atoms with Crippen LogP contribution in [0.5, 0.6) is 0 Å². The Morgan fingerprint density at radius 1 is 1.29 bits per heavy atom. The zero-order valence-electron chi connectivity index (χ0n) is 15.0. The minimum atomic E-state index is -0.444. The Balaban J connectivity index is 1.65. The van der Waals surface area contributed by atoms with E-state index < -0.39 is 11.2 Å². The molecular formula is C17H17ClN6O3S. The van der Waals surface area contributed by atoms with Gasteiger partial charge in [0.1, 0.15) is 10.2 Å². The van der Waals surface area contributed by atoms with Crippen molar-refractivity contribution in [1.29, 1.82) is 0 Å². The number of rotatable bonds is 5. The molecule has 0 radical (unpaired) electrons. The number of aryl methyl sites for hydroxylation is 1. The molecule has 0 bridgehead atoms. The van der Waals surface area contributed by atoms with E-state index in [2.05, 4.69) is 15.0 Å². The van der Waals surface area contributed by atoms with Crippen LogP contribution >= 0.6 is 22.9 Å². The summed E-state index contributed by atoms with van der Waals surface area (Å²) in [6.45, 7) is 4.20. The summed E-state index contributed by atoms with van der Waals surface area (Å²) in [5, 5.41) is 0. The van der Waals surface area contributed by atoms with Crippen molar-refractivity contribution in [2.24, 2.45) is 5.92 Å². The molecule has 4 aromatic rings. The van der Waals surface area contributed by atoms with E-state index in [1.54, 1.807) is 0 Å². The maximum Gasteiger partial charge on any atom is 0.330 e. The fourth-order valence-corrected chi connectivity index (χ4v) is 4.58. The first-order chi connectivity index (χ1) is 13.5. The number of imidazole rings is 2. The highest BCUT2D eigenvalue weighted by atomic mass is 35.5. The second-order valence-electron chi connectivity index (χ2n) is 6.85. The minimum Gasteiger partial charge on any atom is -0.381 e. The molecule has 1 saturated heterocycles. The number of H-pyrrole nitrogens is 1. The van der Waals surface area contributed by atoms with E-state index in [1.807, 2.05) is 28.3 Å². The van der Waals surface area contributed by atoms with E-state index in [1.165, 1.54) is 15.9 Å². The van der Waals surface area contributed by atoms with E-state index in [9.17, 15) is 9.59 Å². The second kappa shape index (κ2) is 6.57. The summed E-state index contributed by atoms with van der Waals surface area (Å²) >= 11 is 7.42. The number of aromatic amines is 1. The van der Waals surface area contributed by atoms with Gasteiger partial charge in [0.25, 0.3) is 5.56 Å². The Kier molecular flexibility index (Phi) is 4.14. The highest BCUT2D eigenvalue weighted by molar-refractivity contribution is 7.20. The first kappa shape index (κ1) is 17.7. The molecule has 9 nitrogen and oxygen atoms in total. The number of ether oxygens (including phenoxy) is 1. The third kappa shape index (κ3) is 2.79. The van der Waals surface area contributed by atoms with Gasteiger partial charge >= 0.3 is 5.69 Å². The monoisotopic (exact) mass is 420 g/mol. The van der Waals surface area contributed by atoms with Crippen molar-refractivity contribution >= 4 is 39.1 Å². The van der Waals surface area contributed by atoms with E-state index in [0.29, 0.717) is 60.0 Å². The fraction of sp³-hybridized carbons (Fsp3) is 0.412. The van der Waals surface area contributed by atoms with E-state index in [4.69, 9.17) is 16.3 Å². The molecule has 5 rings (SSSR count). The lowest BCUT2D eigenvalue weighted by atomic mass is 10.1. The molecule has 0 spiro atoms. The molecule has 1 aliphatic heterocycles. The summed E-state index contributed by atoms with van der Waals surface area (Å²) in [6.07, 6.45) is 4.17. The van der Waals surface area contributed by atoms with Crippen molar-refractivity contribution in [3.63, 3.8) is 0 Å². The number of hydrogen-bond donors (Lipinski definition) is 1. The predicted octanol–water partition coefficient (Wildman–Crippen LogP) is 1.51. The summed E-state index contributed by atoms with van der Waals surface area (Å²) < 4.78 is 11.2. The molecule has 1 N–H and O–H groups in total. The maximum absolute atomic E-state index is 12.6. The molecule has 146 valence electrons. The van der Waals surface area contributed by atoms with Crippen molar-refractivity contribution in [2.75, 3.05) is 13.2 Å². The average molecular weight is 421 g/mol. The highest BCUT2D eigenvalue weighted by Gasteiger charge is 2.25. The van der Waals surface area contributed by atoms with Crippen LogP contribution in [0.25, 0.3) is 16.1 Å². The standard InChI is InChI=1S/C17H17ClN6O3S/c1-2-23-14-13(15(25)21-16(23)26)24(4-9-7-27-8-9)12(20-14)3-10-5-22-6-11(18)28-17(22)19-10/h5-6,9H,2-4,7-8H2,1H3,(H,21,25,26). The normalized spacial score (nSPS) is 14.9. The first-order valence-electron chi connectivity index (χ1n) is 8.96. The molecular weight excluding hydrogens is 404 g/mol. The van der Waals surface area contributed by atoms with Crippen molar-refractivity contribution in [1.82, 2.24) is 28.5 Å². The van der Waals surface area contributed by atoms with Crippen LogP contribution in [0.15, 0.2) is 22.0 Å². The number of halogens is 1. The van der Waals surface area contributed by atoms with Gasteiger partial charge < -0.3 is 9.30 Å². The SMILES string of the molecule is CCn1c(=O)[nH]c(=O)c2c1nc(Cc1cn3cc(Cl)sc3n1)n2CC1COC1. The van der Waals surface area contributed by atoms with Gasteiger partial charge in [-0.15, -0.1) is 0 Å². The Bertz CT molecular complexity index is 1280. The van der Waals surface area contributed by atoms with Gasteiger partial charge in [0.15, 0.2) is 16.1 Å². The largest absolute Gasteiger partial charge is 0.381 e. The van der Waals surface area contributed by atoms with Gasteiger partial charge in [-0.05, 0) is 6.92 Å². The average Bonchev–Trinajstić information content (AvgIpc) is 3.22. The van der Waals surface area contributed by atoms with Crippen molar-refractivity contribution in [3.05, 3.63) is 49.1 Å². The summed E-state index contributed by atoms with van der Waals surface area (Å²) in [5.74, 6) is 1.03. The van der Waals surface area contributed by atoms with Crippen LogP contribution in [-0.2, 0) is 24.2 Å². The molecule has 0 aliphatic carbocycles. The van der Waals surface area contributed by atoms with Crippen LogP contribution in [0, 0.1) is 5.92 Å². The summed E-state index contributed by atoms with van der Waals surface area (Å²) in [7, 11) is 0. The van der Waals surface area contributed by atoms with Crippen LogP contribution in [0.2, 0.25) is 4.34 Å². The summed E-state index contributed by atoms with van der Waals surface area (Å²) in [6, 6.07) is 0. The van der Waals surface area contributed by atoms with Crippen LogP contribution in [0.3, 0.4) is 0 Å². The van der Waals surface area contributed by atoms with Crippen LogP contribution in [0.4, 0.5) is 0 Å². The van der Waals surface area contributed by atoms with Gasteiger partial charge in [-0.2, -0.15) is 0 Å². The van der Waals surface area contributed by atoms with Gasteiger partial charge in [0.05, 0.1) is 18.9 Å². The maximum atomic E-state index is 12.6. The molecule has 0 amide bonds. The number of nitrogens with one attached hydrogen (secondary N) is 1. The number of hydrogen-bond acceptors (Lipinski definition) is 6. The van der Waals surface area contributed by atoms with Crippen LogP contribution < -0.4 is 11.2 Å². The number of nitrogens with zero attached hydrogens (tertiary/aromatic N) is 5. The quantitative estimate of drug-likeness (QED) is 0.527. The topological polar surface area (TPSA) is 99.2 Å². The molecule has 0 atom stereocenters. The molecule has 0 aromatic carbocycles. The van der Waals surface area contributed by atoms with Crippen molar-refractivity contribution in [2.45, 2.75) is 26.4 Å². The van der Waals surface area contributed by atoms with E-state index in [-0.39, 0.29) is 0 Å². The number of fused-ring (bicyclic) bond motifs is 2. The second-order valence-corrected chi connectivity index (χ2v) is 8.49. The number of thiazole rings is 1. The molecule has 1 fully saturated rings. The Labute approximate surface area is 167 Å². The van der Waals surface area contributed by atoms with E-state index >= 15 is 0 Å². The Morgan fingerprint density at radius 2 is 2.11 bits per heavy atom. The van der Waals surface area contributed by atoms with Crippen LogP contribution in [0.1, 0.15) is 18.4 Å². The summed E-state index contributed by atoms with van der Waals surface area (Å²) in [4.78, 5) is 37.3. The lowest BCUT2D eigenvalue weighted by Gasteiger charge is -2.27. The smallest absolute Gasteiger partial charge is 0.330 e. The predicted molar refractivity (Wildman–Crippen MR) is 105 cm³/mol. The first-order valence-corrected chi connectivity index (χ1v) is 10.2.